The Labute approximate surface area is 245 Å². The summed E-state index contributed by atoms with van der Waals surface area (Å²) in [5.41, 5.74) is 3.75. The normalized spacial score (nSPS) is 14.3. The van der Waals surface area contributed by atoms with Crippen molar-refractivity contribution >= 4 is 29.3 Å². The second-order valence-electron chi connectivity index (χ2n) is 10.9. The fourth-order valence-electron chi connectivity index (χ4n) is 4.70. The van der Waals surface area contributed by atoms with Crippen LogP contribution in [0, 0.1) is 6.92 Å². The molecule has 41 heavy (non-hydrogen) atoms. The van der Waals surface area contributed by atoms with Crippen molar-refractivity contribution in [1.29, 1.82) is 0 Å². The summed E-state index contributed by atoms with van der Waals surface area (Å²) in [4.78, 5) is 29.9. The Balaban J connectivity index is 1.45. The molecule has 2 aromatic carbocycles. The summed E-state index contributed by atoms with van der Waals surface area (Å²) >= 11 is 6.18. The summed E-state index contributed by atoms with van der Waals surface area (Å²) in [7, 11) is 1.64. The number of rotatable bonds is 10. The highest BCUT2D eigenvalue weighted by Crippen LogP contribution is 2.36. The number of fused-ring (bicyclic) bond motifs is 3. The lowest BCUT2D eigenvalue weighted by Gasteiger charge is -2.19. The molecule has 0 unspecified atom stereocenters. The fraction of sp³-hybridized carbons (Fsp3) is 0.433. The molecular formula is C30H37ClN6O4. The molecule has 10 nitrogen and oxygen atoms in total. The van der Waals surface area contributed by atoms with E-state index in [2.05, 4.69) is 20.8 Å². The van der Waals surface area contributed by atoms with Crippen LogP contribution in [0.3, 0.4) is 0 Å². The lowest BCUT2D eigenvalue weighted by Crippen LogP contribution is -2.33. The molecule has 4 rings (SSSR count). The van der Waals surface area contributed by atoms with Crippen LogP contribution in [-0.2, 0) is 9.53 Å². The number of unbranched alkanes of at least 4 members (excludes halogenated alkanes) is 2. The van der Waals surface area contributed by atoms with Crippen molar-refractivity contribution in [3.8, 4) is 11.4 Å². The van der Waals surface area contributed by atoms with Gasteiger partial charge in [0, 0.05) is 34.8 Å². The topological polar surface area (TPSA) is 120 Å². The van der Waals surface area contributed by atoms with Gasteiger partial charge in [-0.15, -0.1) is 10.2 Å². The van der Waals surface area contributed by atoms with Gasteiger partial charge in [0.2, 0.25) is 5.91 Å². The maximum absolute atomic E-state index is 13.0. The van der Waals surface area contributed by atoms with Crippen molar-refractivity contribution in [2.45, 2.75) is 65.0 Å². The molecule has 1 aliphatic heterocycles. The Morgan fingerprint density at radius 2 is 1.73 bits per heavy atom. The standard InChI is InChI=1S/C30H37ClN6O4/c1-19-24(40-5)14-13-23-26(19)27(20-9-11-21(31)12-10-20)35-22(28-36-34-18-37(23)28)17-25(38)32-15-7-6-8-16-33-29(39)41-30(2,3)4/h9-14,18,22H,6-8,15-17H2,1-5H3,(H,32,38)(H,33,39)/t22-/m0/s1. The number of alkyl carbamates (subject to hydrolysis) is 1. The van der Waals surface area contributed by atoms with Crippen LogP contribution in [0.15, 0.2) is 47.7 Å². The van der Waals surface area contributed by atoms with Gasteiger partial charge in [0.1, 0.15) is 23.7 Å². The molecule has 0 saturated heterocycles. The Morgan fingerprint density at radius 3 is 2.41 bits per heavy atom. The number of nitrogens with one attached hydrogen (secondary N) is 2. The number of aliphatic imine (C=N–C) groups is 1. The van der Waals surface area contributed by atoms with Crippen LogP contribution in [0.1, 0.15) is 75.0 Å². The number of hydrogen-bond acceptors (Lipinski definition) is 7. The number of aromatic nitrogens is 3. The number of carbonyl (C=O) groups is 2. The van der Waals surface area contributed by atoms with Gasteiger partial charge in [0.25, 0.3) is 0 Å². The first-order valence-electron chi connectivity index (χ1n) is 13.7. The molecule has 0 saturated carbocycles. The molecule has 218 valence electrons. The lowest BCUT2D eigenvalue weighted by atomic mass is 9.95. The van der Waals surface area contributed by atoms with Crippen LogP contribution in [0.4, 0.5) is 4.79 Å². The highest BCUT2D eigenvalue weighted by atomic mass is 35.5. The molecule has 0 fully saturated rings. The average molecular weight is 581 g/mol. The van der Waals surface area contributed by atoms with Crippen molar-refractivity contribution in [2.75, 3.05) is 20.2 Å². The second-order valence-corrected chi connectivity index (χ2v) is 11.3. The number of hydrogen-bond donors (Lipinski definition) is 2. The minimum Gasteiger partial charge on any atom is -0.496 e. The van der Waals surface area contributed by atoms with Crippen molar-refractivity contribution in [2.24, 2.45) is 4.99 Å². The summed E-state index contributed by atoms with van der Waals surface area (Å²) < 4.78 is 12.7. The van der Waals surface area contributed by atoms with Crippen LogP contribution in [0.5, 0.6) is 5.75 Å². The molecule has 2 N–H and O–H groups in total. The summed E-state index contributed by atoms with van der Waals surface area (Å²) in [6, 6.07) is 10.8. The van der Waals surface area contributed by atoms with Crippen molar-refractivity contribution < 1.29 is 19.1 Å². The van der Waals surface area contributed by atoms with E-state index in [1.807, 2.05) is 68.7 Å². The predicted molar refractivity (Wildman–Crippen MR) is 158 cm³/mol. The smallest absolute Gasteiger partial charge is 0.407 e. The highest BCUT2D eigenvalue weighted by molar-refractivity contribution is 6.30. The zero-order valence-corrected chi connectivity index (χ0v) is 24.9. The van der Waals surface area contributed by atoms with E-state index in [4.69, 9.17) is 26.1 Å². The minimum atomic E-state index is -0.556. The highest BCUT2D eigenvalue weighted by Gasteiger charge is 2.30. The van der Waals surface area contributed by atoms with Gasteiger partial charge >= 0.3 is 6.09 Å². The molecular weight excluding hydrogens is 544 g/mol. The maximum atomic E-state index is 13.0. The van der Waals surface area contributed by atoms with E-state index < -0.39 is 17.7 Å². The molecule has 1 aliphatic rings. The van der Waals surface area contributed by atoms with Crippen LogP contribution in [0.25, 0.3) is 5.69 Å². The number of carbonyl (C=O) groups excluding carboxylic acids is 2. The molecule has 2 heterocycles. The third-order valence-electron chi connectivity index (χ3n) is 6.61. The van der Waals surface area contributed by atoms with Gasteiger partial charge in [0.05, 0.1) is 24.9 Å². The van der Waals surface area contributed by atoms with Crippen LogP contribution < -0.4 is 15.4 Å². The zero-order chi connectivity index (χ0) is 29.6. The van der Waals surface area contributed by atoms with Gasteiger partial charge in [-0.25, -0.2) is 4.79 Å². The number of methoxy groups -OCH3 is 1. The fourth-order valence-corrected chi connectivity index (χ4v) is 4.83. The predicted octanol–water partition coefficient (Wildman–Crippen LogP) is 5.33. The first-order chi connectivity index (χ1) is 19.6. The lowest BCUT2D eigenvalue weighted by molar-refractivity contribution is -0.121. The van der Waals surface area contributed by atoms with E-state index in [0.29, 0.717) is 23.9 Å². The summed E-state index contributed by atoms with van der Waals surface area (Å²) in [5.74, 6) is 1.19. The summed E-state index contributed by atoms with van der Waals surface area (Å²) in [5, 5.41) is 14.9. The Bertz CT molecular complexity index is 1410. The SMILES string of the molecule is COc1ccc2c(c1C)C(c1ccc(Cl)cc1)=N[C@@H](CC(=O)NCCCCCNC(=O)OC(C)(C)C)c1nncn1-2. The Kier molecular flexibility index (Phi) is 9.65. The minimum absolute atomic E-state index is 0.111. The van der Waals surface area contributed by atoms with Crippen molar-refractivity contribution in [3.05, 3.63) is 70.3 Å². The Morgan fingerprint density at radius 1 is 1.02 bits per heavy atom. The Hall–Kier alpha value is -3.92. The molecule has 1 atom stereocenters. The quantitative estimate of drug-likeness (QED) is 0.313. The molecule has 0 aliphatic carbocycles. The second kappa shape index (κ2) is 13.2. The third-order valence-corrected chi connectivity index (χ3v) is 6.86. The maximum Gasteiger partial charge on any atom is 0.407 e. The van der Waals surface area contributed by atoms with E-state index in [9.17, 15) is 9.59 Å². The van der Waals surface area contributed by atoms with Gasteiger partial charge < -0.3 is 20.1 Å². The number of amides is 2. The third kappa shape index (κ3) is 7.64. The van der Waals surface area contributed by atoms with Gasteiger partial charge in [-0.1, -0.05) is 23.7 Å². The molecule has 0 bridgehead atoms. The van der Waals surface area contributed by atoms with Crippen LogP contribution in [0.2, 0.25) is 5.02 Å². The van der Waals surface area contributed by atoms with E-state index in [1.54, 1.807) is 13.4 Å². The molecule has 2 amide bonds. The molecule has 11 heteroatoms. The first-order valence-corrected chi connectivity index (χ1v) is 14.1. The first kappa shape index (κ1) is 30.0. The van der Waals surface area contributed by atoms with Crippen LogP contribution in [-0.4, -0.2) is 58.3 Å². The molecule has 0 spiro atoms. The number of nitrogens with zero attached hydrogens (tertiary/aromatic N) is 4. The average Bonchev–Trinajstić information content (AvgIpc) is 3.35. The van der Waals surface area contributed by atoms with E-state index in [0.717, 1.165) is 53.1 Å². The molecule has 3 aromatic rings. The number of ether oxygens (including phenoxy) is 2. The van der Waals surface area contributed by atoms with Gasteiger partial charge in [-0.3, -0.25) is 14.4 Å². The largest absolute Gasteiger partial charge is 0.496 e. The summed E-state index contributed by atoms with van der Waals surface area (Å²) in [6.45, 7) is 8.52. The monoisotopic (exact) mass is 580 g/mol. The number of benzene rings is 2. The van der Waals surface area contributed by atoms with Crippen molar-refractivity contribution in [1.82, 2.24) is 25.4 Å². The summed E-state index contributed by atoms with van der Waals surface area (Å²) in [6.07, 6.45) is 3.76. The van der Waals surface area contributed by atoms with Crippen molar-refractivity contribution in [3.63, 3.8) is 0 Å². The molecule has 1 aromatic heterocycles. The van der Waals surface area contributed by atoms with Gasteiger partial charge in [0.15, 0.2) is 5.82 Å². The molecule has 0 radical (unpaired) electrons. The van der Waals surface area contributed by atoms with E-state index in [1.165, 1.54) is 0 Å². The van der Waals surface area contributed by atoms with Crippen LogP contribution >= 0.6 is 11.6 Å². The van der Waals surface area contributed by atoms with E-state index in [-0.39, 0.29) is 12.3 Å². The van der Waals surface area contributed by atoms with Gasteiger partial charge in [-0.2, -0.15) is 0 Å². The zero-order valence-electron chi connectivity index (χ0n) is 24.2. The number of halogens is 1. The van der Waals surface area contributed by atoms with Gasteiger partial charge in [-0.05, 0) is 71.2 Å². The van der Waals surface area contributed by atoms with E-state index >= 15 is 0 Å².